The van der Waals surface area contributed by atoms with Crippen LogP contribution in [-0.4, -0.2) is 19.5 Å². The summed E-state index contributed by atoms with van der Waals surface area (Å²) in [7, 11) is 0. The molecule has 5 nitrogen and oxygen atoms in total. The van der Waals surface area contributed by atoms with Crippen molar-refractivity contribution in [3.8, 4) is 39.9 Å². The van der Waals surface area contributed by atoms with E-state index in [0.717, 1.165) is 44.3 Å². The van der Waals surface area contributed by atoms with Crippen molar-refractivity contribution in [2.75, 3.05) is 0 Å². The summed E-state index contributed by atoms with van der Waals surface area (Å²) in [6, 6.07) is 54.9. The number of hydrogen-bond donors (Lipinski definition) is 0. The number of aromatic nitrogens is 4. The molecule has 0 aliphatic carbocycles. The summed E-state index contributed by atoms with van der Waals surface area (Å²) in [5, 5.41) is 7.07. The van der Waals surface area contributed by atoms with Crippen molar-refractivity contribution in [2.45, 2.75) is 0 Å². The van der Waals surface area contributed by atoms with Crippen LogP contribution in [0, 0.1) is 0 Å². The number of benzene rings is 7. The van der Waals surface area contributed by atoms with Gasteiger partial charge in [-0.2, -0.15) is 0 Å². The molecule has 7 aromatic carbocycles. The molecule has 0 saturated heterocycles. The van der Waals surface area contributed by atoms with Crippen LogP contribution in [0.4, 0.5) is 0 Å². The number of furan rings is 1. The first kappa shape index (κ1) is 28.2. The maximum atomic E-state index is 6.52. The fourth-order valence-electron chi connectivity index (χ4n) is 7.54. The first-order chi connectivity index (χ1) is 25.3. The third-order valence-corrected chi connectivity index (χ3v) is 11.0. The van der Waals surface area contributed by atoms with Crippen molar-refractivity contribution in [1.82, 2.24) is 19.5 Å². The summed E-state index contributed by atoms with van der Waals surface area (Å²) >= 11 is 1.82. The normalized spacial score (nSPS) is 11.9. The number of thiophene rings is 1. The molecule has 0 saturated carbocycles. The minimum atomic E-state index is 0.620. The Kier molecular flexibility index (Phi) is 6.05. The van der Waals surface area contributed by atoms with Gasteiger partial charge >= 0.3 is 0 Å². The van der Waals surface area contributed by atoms with E-state index in [0.29, 0.717) is 17.5 Å². The summed E-state index contributed by atoms with van der Waals surface area (Å²) in [5.74, 6) is 1.90. The van der Waals surface area contributed by atoms with Crippen molar-refractivity contribution in [1.29, 1.82) is 0 Å². The van der Waals surface area contributed by atoms with Crippen molar-refractivity contribution in [2.24, 2.45) is 0 Å². The van der Waals surface area contributed by atoms with Crippen molar-refractivity contribution < 1.29 is 4.42 Å². The molecule has 11 aromatic rings. The minimum absolute atomic E-state index is 0.620. The van der Waals surface area contributed by atoms with Crippen LogP contribution in [0.3, 0.4) is 0 Å². The molecule has 0 amide bonds. The molecule has 238 valence electrons. The number of para-hydroxylation sites is 2. The quantitative estimate of drug-likeness (QED) is 0.187. The van der Waals surface area contributed by atoms with Crippen molar-refractivity contribution in [3.05, 3.63) is 158 Å². The summed E-state index contributed by atoms with van der Waals surface area (Å²) in [4.78, 5) is 14.9. The SMILES string of the molecule is c1ccc(-c2nc(-c3ccccc3)nc(-c3ccc4oc5ccc6sc7ccc(-n8c9ccccc9c9ccccc98)cc7c6c5c4c3)n2)cc1. The lowest BCUT2D eigenvalue weighted by molar-refractivity contribution is 0.669. The van der Waals surface area contributed by atoms with E-state index >= 15 is 0 Å². The van der Waals surface area contributed by atoms with E-state index in [4.69, 9.17) is 19.4 Å². The van der Waals surface area contributed by atoms with Gasteiger partial charge in [-0.05, 0) is 60.7 Å². The Morgan fingerprint density at radius 1 is 0.412 bits per heavy atom. The van der Waals surface area contributed by atoms with Crippen molar-refractivity contribution in [3.63, 3.8) is 0 Å². The van der Waals surface area contributed by atoms with E-state index in [9.17, 15) is 0 Å². The van der Waals surface area contributed by atoms with Crippen LogP contribution < -0.4 is 0 Å². The molecule has 0 atom stereocenters. The summed E-state index contributed by atoms with van der Waals surface area (Å²) in [6.07, 6.45) is 0. The molecular formula is C45H26N4OS. The molecule has 0 spiro atoms. The highest BCUT2D eigenvalue weighted by molar-refractivity contribution is 7.26. The maximum Gasteiger partial charge on any atom is 0.164 e. The van der Waals surface area contributed by atoms with Gasteiger partial charge < -0.3 is 8.98 Å². The molecule has 0 bridgehead atoms. The monoisotopic (exact) mass is 670 g/mol. The van der Waals surface area contributed by atoms with E-state index < -0.39 is 0 Å². The topological polar surface area (TPSA) is 56.7 Å². The van der Waals surface area contributed by atoms with Gasteiger partial charge in [-0.15, -0.1) is 11.3 Å². The standard InChI is InChI=1S/C45H26N4OS/c1-3-11-27(12-4-1)43-46-44(28-13-5-2-6-14-28)48-45(47-43)29-19-21-37-33(25-29)41-38(50-37)22-24-40-42(41)34-26-30(20-23-39(34)51-40)49-35-17-9-7-15-31(35)32-16-8-10-18-36(32)49/h1-26H. The number of fused-ring (bicyclic) bond motifs is 10. The van der Waals surface area contributed by atoms with Gasteiger partial charge in [-0.25, -0.2) is 15.0 Å². The second-order valence-electron chi connectivity index (χ2n) is 12.8. The second kappa shape index (κ2) is 10.9. The Morgan fingerprint density at radius 2 is 0.980 bits per heavy atom. The zero-order valence-electron chi connectivity index (χ0n) is 27.1. The van der Waals surface area contributed by atoms with E-state index in [1.165, 1.54) is 42.0 Å². The second-order valence-corrected chi connectivity index (χ2v) is 13.9. The Morgan fingerprint density at radius 3 is 1.65 bits per heavy atom. The number of hydrogen-bond acceptors (Lipinski definition) is 5. The van der Waals surface area contributed by atoms with E-state index in [-0.39, 0.29) is 0 Å². The van der Waals surface area contributed by atoms with Crippen LogP contribution in [0.5, 0.6) is 0 Å². The lowest BCUT2D eigenvalue weighted by Gasteiger charge is -2.09. The Balaban J connectivity index is 1.15. The van der Waals surface area contributed by atoms with Crippen LogP contribution in [0.1, 0.15) is 0 Å². The summed E-state index contributed by atoms with van der Waals surface area (Å²) in [6.45, 7) is 0. The lowest BCUT2D eigenvalue weighted by Crippen LogP contribution is -2.00. The summed E-state index contributed by atoms with van der Waals surface area (Å²) < 4.78 is 11.4. The van der Waals surface area contributed by atoms with E-state index in [1.54, 1.807) is 0 Å². The van der Waals surface area contributed by atoms with Crippen LogP contribution >= 0.6 is 11.3 Å². The molecule has 6 heteroatoms. The minimum Gasteiger partial charge on any atom is -0.456 e. The zero-order valence-corrected chi connectivity index (χ0v) is 27.9. The fourth-order valence-corrected chi connectivity index (χ4v) is 8.63. The third kappa shape index (κ3) is 4.37. The molecule has 11 rings (SSSR count). The van der Waals surface area contributed by atoms with Crippen molar-refractivity contribution >= 4 is 75.3 Å². The Hall–Kier alpha value is -6.63. The van der Waals surface area contributed by atoms with E-state index in [1.807, 2.05) is 84.1 Å². The molecule has 4 aromatic heterocycles. The molecule has 0 N–H and O–H groups in total. The van der Waals surface area contributed by atoms with Crippen LogP contribution in [0.15, 0.2) is 162 Å². The highest BCUT2D eigenvalue weighted by atomic mass is 32.1. The highest BCUT2D eigenvalue weighted by Gasteiger charge is 2.19. The highest BCUT2D eigenvalue weighted by Crippen LogP contribution is 2.44. The van der Waals surface area contributed by atoms with Gasteiger partial charge in [0.1, 0.15) is 11.2 Å². The molecule has 0 radical (unpaired) electrons. The predicted molar refractivity (Wildman–Crippen MR) is 211 cm³/mol. The molecule has 0 fully saturated rings. The molecule has 0 aliphatic heterocycles. The average Bonchev–Trinajstić information content (AvgIpc) is 3.87. The number of nitrogens with zero attached hydrogens (tertiary/aromatic N) is 4. The van der Waals surface area contributed by atoms with Gasteiger partial charge in [0.05, 0.1) is 11.0 Å². The smallest absolute Gasteiger partial charge is 0.164 e. The molecule has 0 unspecified atom stereocenters. The van der Waals surface area contributed by atoms with Gasteiger partial charge in [0, 0.05) is 64.1 Å². The van der Waals surface area contributed by atoms with Gasteiger partial charge in [0.15, 0.2) is 17.5 Å². The zero-order chi connectivity index (χ0) is 33.5. The molecule has 0 aliphatic rings. The number of rotatable bonds is 4. The van der Waals surface area contributed by atoms with E-state index in [2.05, 4.69) is 89.5 Å². The van der Waals surface area contributed by atoms with Crippen LogP contribution in [0.25, 0.3) is 104 Å². The van der Waals surface area contributed by atoms with Crippen LogP contribution in [-0.2, 0) is 0 Å². The Bertz CT molecular complexity index is 3030. The average molecular weight is 671 g/mol. The first-order valence-electron chi connectivity index (χ1n) is 16.9. The summed E-state index contributed by atoms with van der Waals surface area (Å²) in [5.41, 5.74) is 8.02. The van der Waals surface area contributed by atoms with Gasteiger partial charge in [-0.1, -0.05) is 97.1 Å². The fraction of sp³-hybridized carbons (Fsp3) is 0. The Labute approximate surface area is 295 Å². The third-order valence-electron chi connectivity index (χ3n) is 9.85. The molecular weight excluding hydrogens is 645 g/mol. The maximum absolute atomic E-state index is 6.52. The van der Waals surface area contributed by atoms with Gasteiger partial charge in [-0.3, -0.25) is 0 Å². The lowest BCUT2D eigenvalue weighted by atomic mass is 10.0. The predicted octanol–water partition coefficient (Wildman–Crippen LogP) is 12.2. The van der Waals surface area contributed by atoms with Crippen LogP contribution in [0.2, 0.25) is 0 Å². The van der Waals surface area contributed by atoms with Gasteiger partial charge in [0.2, 0.25) is 0 Å². The molecule has 51 heavy (non-hydrogen) atoms. The largest absolute Gasteiger partial charge is 0.456 e. The first-order valence-corrected chi connectivity index (χ1v) is 17.8. The van der Waals surface area contributed by atoms with Gasteiger partial charge in [0.25, 0.3) is 0 Å². The molecule has 4 heterocycles.